The Morgan fingerprint density at radius 3 is 3.05 bits per heavy atom. The van der Waals surface area contributed by atoms with Gasteiger partial charge in [-0.15, -0.1) is 0 Å². The first-order chi connectivity index (χ1) is 9.20. The fourth-order valence-corrected chi connectivity index (χ4v) is 2.39. The molecule has 1 aliphatic rings. The third-order valence-electron chi connectivity index (χ3n) is 2.76. The fraction of sp³-hybridized carbons (Fsp3) is 0.636. The Hall–Kier alpha value is -1.57. The van der Waals surface area contributed by atoms with Crippen molar-refractivity contribution in [3.63, 3.8) is 0 Å². The number of carbonyl (C=O) groups is 2. The molecule has 1 unspecified atom stereocenters. The number of aliphatic carboxylic acids is 1. The van der Waals surface area contributed by atoms with E-state index in [-0.39, 0.29) is 0 Å². The molecule has 0 spiro atoms. The molecule has 1 atom stereocenters. The van der Waals surface area contributed by atoms with Gasteiger partial charge in [0, 0.05) is 5.92 Å². The molecule has 1 fully saturated rings. The molecule has 104 valence electrons. The fourth-order valence-electron chi connectivity index (χ4n) is 1.55. The van der Waals surface area contributed by atoms with Crippen LogP contribution in [0.1, 0.15) is 36.9 Å². The summed E-state index contributed by atoms with van der Waals surface area (Å²) in [7, 11) is 0. The molecule has 1 amide bonds. The first-order valence-electron chi connectivity index (χ1n) is 6.03. The van der Waals surface area contributed by atoms with Crippen LogP contribution in [-0.4, -0.2) is 39.4 Å². The summed E-state index contributed by atoms with van der Waals surface area (Å²) in [5.41, 5.74) is 0. The number of aromatic nitrogens is 2. The van der Waals surface area contributed by atoms with E-state index in [2.05, 4.69) is 15.5 Å². The molecule has 7 nitrogen and oxygen atoms in total. The molecule has 8 heteroatoms. The van der Waals surface area contributed by atoms with Crippen molar-refractivity contribution in [1.82, 2.24) is 15.5 Å². The van der Waals surface area contributed by atoms with E-state index in [0.717, 1.165) is 12.8 Å². The molecule has 0 aliphatic heterocycles. The second kappa shape index (κ2) is 6.55. The summed E-state index contributed by atoms with van der Waals surface area (Å²) in [6.45, 7) is 0. The van der Waals surface area contributed by atoms with E-state index in [9.17, 15) is 9.59 Å². The highest BCUT2D eigenvalue weighted by atomic mass is 32.2. The predicted molar refractivity (Wildman–Crippen MR) is 67.7 cm³/mol. The Morgan fingerprint density at radius 1 is 1.63 bits per heavy atom. The zero-order valence-electron chi connectivity index (χ0n) is 10.2. The number of rotatable bonds is 9. The summed E-state index contributed by atoms with van der Waals surface area (Å²) in [5, 5.41) is 15.0. The molecule has 1 heterocycles. The highest BCUT2D eigenvalue weighted by molar-refractivity contribution is 7.98. The Balaban J connectivity index is 1.67. The van der Waals surface area contributed by atoms with Crippen molar-refractivity contribution in [2.75, 3.05) is 5.75 Å². The van der Waals surface area contributed by atoms with Crippen LogP contribution in [0.25, 0.3) is 0 Å². The minimum atomic E-state index is -1.02. The van der Waals surface area contributed by atoms with Gasteiger partial charge in [0.05, 0.1) is 5.75 Å². The van der Waals surface area contributed by atoms with Gasteiger partial charge in [-0.05, 0) is 25.0 Å². The van der Waals surface area contributed by atoms with E-state index >= 15 is 0 Å². The molecule has 0 aromatic carbocycles. The van der Waals surface area contributed by atoms with Crippen molar-refractivity contribution < 1.29 is 19.2 Å². The van der Waals surface area contributed by atoms with Crippen LogP contribution in [-0.2, 0) is 15.3 Å². The number of carboxylic acids is 1. The van der Waals surface area contributed by atoms with Crippen molar-refractivity contribution in [2.45, 2.75) is 37.0 Å². The number of hydrogen-bond acceptors (Lipinski definition) is 6. The van der Waals surface area contributed by atoms with Crippen LogP contribution in [0.4, 0.5) is 0 Å². The summed E-state index contributed by atoms with van der Waals surface area (Å²) < 4.78 is 5.12. The molecule has 2 N–H and O–H groups in total. The highest BCUT2D eigenvalue weighted by Crippen LogP contribution is 2.38. The van der Waals surface area contributed by atoms with Crippen LogP contribution in [0, 0.1) is 0 Å². The van der Waals surface area contributed by atoms with Crippen LogP contribution in [0.2, 0.25) is 0 Å². The lowest BCUT2D eigenvalue weighted by Crippen LogP contribution is -2.36. The summed E-state index contributed by atoms with van der Waals surface area (Å²) in [5.74, 6) is 1.96. The van der Waals surface area contributed by atoms with Gasteiger partial charge in [0.25, 0.3) is 0 Å². The maximum Gasteiger partial charge on any atom is 0.326 e. The lowest BCUT2D eigenvalue weighted by atomic mass is 10.2. The second-order valence-corrected chi connectivity index (χ2v) is 5.44. The van der Waals surface area contributed by atoms with E-state index in [4.69, 9.17) is 9.63 Å². The topological polar surface area (TPSA) is 105 Å². The third kappa shape index (κ3) is 4.23. The first kappa shape index (κ1) is 13.9. The monoisotopic (exact) mass is 285 g/mol. The zero-order chi connectivity index (χ0) is 13.7. The Labute approximate surface area is 114 Å². The van der Waals surface area contributed by atoms with Gasteiger partial charge in [-0.2, -0.15) is 16.7 Å². The number of nitrogens with zero attached hydrogens (tertiary/aromatic N) is 2. The molecule has 1 aliphatic carbocycles. The van der Waals surface area contributed by atoms with Crippen molar-refractivity contribution in [3.05, 3.63) is 11.7 Å². The average molecular weight is 285 g/mol. The van der Waals surface area contributed by atoms with Gasteiger partial charge in [0.1, 0.15) is 6.04 Å². The molecule has 1 saturated carbocycles. The minimum absolute atomic E-state index is 0.367. The van der Waals surface area contributed by atoms with Crippen molar-refractivity contribution in [1.29, 1.82) is 0 Å². The summed E-state index contributed by atoms with van der Waals surface area (Å²) in [6, 6.07) is -0.836. The van der Waals surface area contributed by atoms with Crippen molar-refractivity contribution >= 4 is 24.1 Å². The molecule has 0 saturated heterocycles. The average Bonchev–Trinajstić information content (AvgIpc) is 3.13. The summed E-state index contributed by atoms with van der Waals surface area (Å²) >= 11 is 1.52. The van der Waals surface area contributed by atoms with Gasteiger partial charge in [-0.3, -0.25) is 4.79 Å². The quantitative estimate of drug-likeness (QED) is 0.510. The molecular weight excluding hydrogens is 270 g/mol. The lowest BCUT2D eigenvalue weighted by molar-refractivity contribution is -0.140. The van der Waals surface area contributed by atoms with Crippen LogP contribution in [0.3, 0.4) is 0 Å². The summed E-state index contributed by atoms with van der Waals surface area (Å²) in [6.07, 6.45) is 3.01. The number of nitrogens with one attached hydrogen (secondary N) is 1. The smallest absolute Gasteiger partial charge is 0.326 e. The molecule has 1 aromatic heterocycles. The van der Waals surface area contributed by atoms with Crippen molar-refractivity contribution in [2.24, 2.45) is 0 Å². The molecule has 2 rings (SSSR count). The van der Waals surface area contributed by atoms with Gasteiger partial charge in [-0.25, -0.2) is 4.79 Å². The number of carbonyl (C=O) groups excluding carboxylic acids is 1. The zero-order valence-corrected chi connectivity index (χ0v) is 11.1. The standard InChI is InChI=1S/C11H15N3O4S/c15-6-12-8(11(16)17)3-4-19-5-9-13-10(18-14-9)7-1-2-7/h6-8H,1-5H2,(H,12,15)(H,16,17). The lowest BCUT2D eigenvalue weighted by Gasteiger charge is -2.09. The van der Waals surface area contributed by atoms with Gasteiger partial charge in [0.15, 0.2) is 5.82 Å². The molecular formula is C11H15N3O4S. The number of hydrogen-bond donors (Lipinski definition) is 2. The van der Waals surface area contributed by atoms with Gasteiger partial charge >= 0.3 is 5.97 Å². The largest absolute Gasteiger partial charge is 0.480 e. The van der Waals surface area contributed by atoms with Crippen LogP contribution >= 0.6 is 11.8 Å². The Morgan fingerprint density at radius 2 is 2.42 bits per heavy atom. The molecule has 1 aromatic rings. The number of carboxylic acid groups (broad SMARTS) is 1. The SMILES string of the molecule is O=CNC(CCSCc1noc(C2CC2)n1)C(=O)O. The van der Waals surface area contributed by atoms with Crippen molar-refractivity contribution in [3.8, 4) is 0 Å². The minimum Gasteiger partial charge on any atom is -0.480 e. The van der Waals surface area contributed by atoms with E-state index in [0.29, 0.717) is 42.0 Å². The van der Waals surface area contributed by atoms with Gasteiger partial charge in [-0.1, -0.05) is 5.16 Å². The maximum absolute atomic E-state index is 10.8. The highest BCUT2D eigenvalue weighted by Gasteiger charge is 2.29. The molecule has 0 radical (unpaired) electrons. The van der Waals surface area contributed by atoms with E-state index in [1.165, 1.54) is 11.8 Å². The molecule has 19 heavy (non-hydrogen) atoms. The van der Waals surface area contributed by atoms with E-state index in [1.54, 1.807) is 0 Å². The maximum atomic E-state index is 10.8. The normalized spacial score (nSPS) is 16.0. The Bertz CT molecular complexity index is 447. The van der Waals surface area contributed by atoms with Gasteiger partial charge in [0.2, 0.25) is 12.3 Å². The van der Waals surface area contributed by atoms with Crippen LogP contribution in [0.15, 0.2) is 4.52 Å². The van der Waals surface area contributed by atoms with E-state index < -0.39 is 12.0 Å². The number of thioether (sulfide) groups is 1. The second-order valence-electron chi connectivity index (χ2n) is 4.34. The van der Waals surface area contributed by atoms with Gasteiger partial charge < -0.3 is 14.9 Å². The Kier molecular flexibility index (Phi) is 4.78. The predicted octanol–water partition coefficient (Wildman–Crippen LogP) is 0.769. The van der Waals surface area contributed by atoms with Crippen LogP contribution < -0.4 is 5.32 Å². The van der Waals surface area contributed by atoms with Crippen LogP contribution in [0.5, 0.6) is 0 Å². The first-order valence-corrected chi connectivity index (χ1v) is 7.19. The summed E-state index contributed by atoms with van der Waals surface area (Å²) in [4.78, 5) is 25.3. The third-order valence-corrected chi connectivity index (χ3v) is 3.75. The number of amides is 1. The van der Waals surface area contributed by atoms with E-state index in [1.807, 2.05) is 0 Å². The molecule has 0 bridgehead atoms.